The van der Waals surface area contributed by atoms with Crippen LogP contribution in [0, 0.1) is 0 Å². The first-order chi connectivity index (χ1) is 13.8. The van der Waals surface area contributed by atoms with Gasteiger partial charge in [-0.25, -0.2) is 13.1 Å². The lowest BCUT2D eigenvalue weighted by Gasteiger charge is -2.19. The van der Waals surface area contributed by atoms with E-state index >= 15 is 0 Å². The number of nitrogens with one attached hydrogen (secondary N) is 2. The van der Waals surface area contributed by atoms with Gasteiger partial charge in [-0.2, -0.15) is 0 Å². The molecule has 2 aromatic carbocycles. The van der Waals surface area contributed by atoms with E-state index in [1.165, 1.54) is 12.1 Å². The lowest BCUT2D eigenvalue weighted by atomic mass is 10.1. The van der Waals surface area contributed by atoms with Crippen molar-refractivity contribution in [2.75, 3.05) is 13.2 Å². The summed E-state index contributed by atoms with van der Waals surface area (Å²) in [4.78, 5) is 12.5. The molecule has 4 rings (SSSR count). The lowest BCUT2D eigenvalue weighted by Crippen LogP contribution is -2.27. The summed E-state index contributed by atoms with van der Waals surface area (Å²) in [7, 11) is -3.83. The molecule has 29 heavy (non-hydrogen) atoms. The smallest absolute Gasteiger partial charge is 0.253 e. The number of hydrogen-bond donors (Lipinski definition) is 2. The van der Waals surface area contributed by atoms with Gasteiger partial charge < -0.3 is 14.8 Å². The van der Waals surface area contributed by atoms with Crippen LogP contribution < -0.4 is 19.5 Å². The minimum absolute atomic E-state index is 0.0322. The molecule has 7 nitrogen and oxygen atoms in total. The number of benzene rings is 2. The zero-order valence-electron chi connectivity index (χ0n) is 15.2. The summed E-state index contributed by atoms with van der Waals surface area (Å²) in [6, 6.07) is 7.76. The Hall–Kier alpha value is -2.00. The Kier molecular flexibility index (Phi) is 5.61. The van der Waals surface area contributed by atoms with Gasteiger partial charge in [-0.3, -0.25) is 4.79 Å². The van der Waals surface area contributed by atoms with Gasteiger partial charge in [0.15, 0.2) is 11.5 Å². The van der Waals surface area contributed by atoms with Gasteiger partial charge in [-0.15, -0.1) is 0 Å². The van der Waals surface area contributed by atoms with Crippen molar-refractivity contribution in [2.45, 2.75) is 30.3 Å². The molecule has 1 heterocycles. The van der Waals surface area contributed by atoms with Crippen molar-refractivity contribution in [3.63, 3.8) is 0 Å². The zero-order valence-corrected chi connectivity index (χ0v) is 17.5. The zero-order chi connectivity index (χ0) is 20.6. The number of rotatable bonds is 6. The average molecular weight is 457 g/mol. The number of hydrogen-bond acceptors (Lipinski definition) is 5. The van der Waals surface area contributed by atoms with Gasteiger partial charge >= 0.3 is 0 Å². The fourth-order valence-electron chi connectivity index (χ4n) is 2.87. The van der Waals surface area contributed by atoms with Crippen molar-refractivity contribution in [2.24, 2.45) is 0 Å². The van der Waals surface area contributed by atoms with E-state index in [1.807, 2.05) is 6.07 Å². The molecule has 10 heteroatoms. The number of fused-ring (bicyclic) bond motifs is 1. The summed E-state index contributed by atoms with van der Waals surface area (Å²) in [6.45, 7) is 1.17. The molecular weight excluding hydrogens is 439 g/mol. The predicted molar refractivity (Wildman–Crippen MR) is 108 cm³/mol. The second kappa shape index (κ2) is 8.02. The van der Waals surface area contributed by atoms with Crippen LogP contribution in [0.15, 0.2) is 35.2 Å². The maximum absolute atomic E-state index is 12.6. The second-order valence-corrected chi connectivity index (χ2v) is 9.32. The van der Waals surface area contributed by atoms with Gasteiger partial charge in [0.25, 0.3) is 5.91 Å². The van der Waals surface area contributed by atoms with E-state index in [4.69, 9.17) is 32.7 Å². The Morgan fingerprint density at radius 1 is 1.03 bits per heavy atom. The molecule has 0 atom stereocenters. The molecule has 2 aromatic rings. The molecule has 1 fully saturated rings. The third kappa shape index (κ3) is 4.61. The highest BCUT2D eigenvalue weighted by molar-refractivity contribution is 7.89. The van der Waals surface area contributed by atoms with Crippen molar-refractivity contribution >= 4 is 39.1 Å². The molecule has 0 bridgehead atoms. The van der Waals surface area contributed by atoms with E-state index < -0.39 is 15.9 Å². The number of sulfonamides is 1. The minimum atomic E-state index is -3.83. The number of halogens is 2. The molecule has 2 N–H and O–H groups in total. The van der Waals surface area contributed by atoms with Crippen LogP contribution in [-0.2, 0) is 16.6 Å². The topological polar surface area (TPSA) is 93.7 Å². The van der Waals surface area contributed by atoms with Crippen LogP contribution in [0.25, 0.3) is 0 Å². The van der Waals surface area contributed by atoms with Gasteiger partial charge in [0.05, 0.1) is 15.6 Å². The molecule has 2 aliphatic rings. The van der Waals surface area contributed by atoms with E-state index in [2.05, 4.69) is 10.0 Å². The first-order valence-corrected chi connectivity index (χ1v) is 11.3. The van der Waals surface area contributed by atoms with Crippen molar-refractivity contribution in [1.29, 1.82) is 0 Å². The predicted octanol–water partition coefficient (Wildman–Crippen LogP) is 3.14. The number of ether oxygens (including phenoxy) is 2. The highest BCUT2D eigenvalue weighted by Gasteiger charge is 2.30. The normalized spacial score (nSPS) is 15.8. The molecule has 1 amide bonds. The third-order valence-corrected chi connectivity index (χ3v) is 6.81. The molecule has 0 radical (unpaired) electrons. The van der Waals surface area contributed by atoms with Crippen LogP contribution in [0.3, 0.4) is 0 Å². The van der Waals surface area contributed by atoms with Crippen molar-refractivity contribution in [1.82, 2.24) is 10.0 Å². The highest BCUT2D eigenvalue weighted by Crippen LogP contribution is 2.32. The standard InChI is InChI=1S/C19H18Cl2N2O5S/c20-14-9-15(21)18(29(25,26)23-12-2-3-12)8-13(14)19(24)22-10-11-1-4-16-17(7-11)28-6-5-27-16/h1,4,7-9,12,23H,2-3,5-6,10H2,(H,22,24). The maximum Gasteiger partial charge on any atom is 0.253 e. The fourth-order valence-corrected chi connectivity index (χ4v) is 5.03. The van der Waals surface area contributed by atoms with E-state index in [0.717, 1.165) is 18.4 Å². The molecule has 154 valence electrons. The Morgan fingerprint density at radius 2 is 1.76 bits per heavy atom. The summed E-state index contributed by atoms with van der Waals surface area (Å²) in [5.74, 6) is 0.765. The van der Waals surface area contributed by atoms with E-state index in [9.17, 15) is 13.2 Å². The van der Waals surface area contributed by atoms with E-state index in [-0.39, 0.29) is 33.1 Å². The van der Waals surface area contributed by atoms with Gasteiger partial charge in [0.1, 0.15) is 18.1 Å². The lowest BCUT2D eigenvalue weighted by molar-refractivity contribution is 0.0950. The largest absolute Gasteiger partial charge is 0.486 e. The first-order valence-electron chi connectivity index (χ1n) is 9.01. The molecular formula is C19H18Cl2N2O5S. The quantitative estimate of drug-likeness (QED) is 0.696. The van der Waals surface area contributed by atoms with Crippen LogP contribution in [-0.4, -0.2) is 33.6 Å². The summed E-state index contributed by atoms with van der Waals surface area (Å²) in [6.07, 6.45) is 1.57. The molecule has 1 aliphatic carbocycles. The molecule has 1 saturated carbocycles. The Morgan fingerprint density at radius 3 is 2.48 bits per heavy atom. The van der Waals surface area contributed by atoms with Crippen LogP contribution in [0.2, 0.25) is 10.0 Å². The average Bonchev–Trinajstić information content (AvgIpc) is 3.49. The molecule has 0 spiro atoms. The summed E-state index contributed by atoms with van der Waals surface area (Å²) in [5, 5.41) is 2.77. The first kappa shape index (κ1) is 20.3. The minimum Gasteiger partial charge on any atom is -0.486 e. The molecule has 0 saturated heterocycles. The van der Waals surface area contributed by atoms with Crippen molar-refractivity contribution in [3.05, 3.63) is 51.5 Å². The summed E-state index contributed by atoms with van der Waals surface area (Å²) in [5.41, 5.74) is 0.834. The number of amides is 1. The number of carbonyl (C=O) groups excluding carboxylic acids is 1. The van der Waals surface area contributed by atoms with E-state index in [1.54, 1.807) is 12.1 Å². The van der Waals surface area contributed by atoms with Crippen LogP contribution >= 0.6 is 23.2 Å². The molecule has 1 aliphatic heterocycles. The van der Waals surface area contributed by atoms with Gasteiger partial charge in [0.2, 0.25) is 10.0 Å². The van der Waals surface area contributed by atoms with E-state index in [0.29, 0.717) is 24.7 Å². The van der Waals surface area contributed by atoms with Crippen molar-refractivity contribution < 1.29 is 22.7 Å². The Bertz CT molecular complexity index is 1070. The Labute approximate surface area is 178 Å². The number of carbonyl (C=O) groups is 1. The van der Waals surface area contributed by atoms with Crippen LogP contribution in [0.1, 0.15) is 28.8 Å². The Balaban J connectivity index is 1.51. The van der Waals surface area contributed by atoms with Gasteiger partial charge in [0, 0.05) is 12.6 Å². The third-order valence-electron chi connectivity index (χ3n) is 4.51. The highest BCUT2D eigenvalue weighted by atomic mass is 35.5. The fraction of sp³-hybridized carbons (Fsp3) is 0.316. The van der Waals surface area contributed by atoms with Crippen LogP contribution in [0.5, 0.6) is 11.5 Å². The summed E-state index contributed by atoms with van der Waals surface area (Å²) < 4.78 is 38.6. The maximum atomic E-state index is 12.6. The molecule has 0 aromatic heterocycles. The van der Waals surface area contributed by atoms with Gasteiger partial charge in [-0.05, 0) is 42.7 Å². The SMILES string of the molecule is O=C(NCc1ccc2c(c1)OCCO2)c1cc(S(=O)(=O)NC2CC2)c(Cl)cc1Cl. The van der Waals surface area contributed by atoms with Gasteiger partial charge in [-0.1, -0.05) is 29.3 Å². The second-order valence-electron chi connectivity index (χ2n) is 6.82. The molecule has 0 unspecified atom stereocenters. The van der Waals surface area contributed by atoms with Crippen LogP contribution in [0.4, 0.5) is 0 Å². The van der Waals surface area contributed by atoms with Crippen molar-refractivity contribution in [3.8, 4) is 11.5 Å². The monoisotopic (exact) mass is 456 g/mol. The summed E-state index contributed by atoms with van der Waals surface area (Å²) >= 11 is 12.2.